The molecule has 8 heteroatoms. The van der Waals surface area contributed by atoms with E-state index in [9.17, 15) is 10.2 Å². The van der Waals surface area contributed by atoms with Crippen molar-refractivity contribution in [2.75, 3.05) is 59.7 Å². The fourth-order valence-electron chi connectivity index (χ4n) is 6.54. The Morgan fingerprint density at radius 1 is 0.968 bits per heavy atom. The maximum Gasteiger partial charge on any atom is 0.216 e. The van der Waals surface area contributed by atoms with Crippen LogP contribution in [0.3, 0.4) is 0 Å². The number of hydrogen-bond acceptors (Lipinski definition) is 8. The van der Waals surface area contributed by atoms with Crippen molar-refractivity contribution in [1.29, 1.82) is 0 Å². The maximum absolute atomic E-state index is 10.5. The van der Waals surface area contributed by atoms with Gasteiger partial charge in [0.1, 0.15) is 0 Å². The first kappa shape index (κ1) is 23.8. The summed E-state index contributed by atoms with van der Waals surface area (Å²) >= 11 is 0. The number of hydrogen-bond donors (Lipinski definition) is 2. The smallest absolute Gasteiger partial charge is 0.216 e. The summed E-state index contributed by atoms with van der Waals surface area (Å²) < 4.78 is 16.0. The van der Waals surface area contributed by atoms with Gasteiger partial charge in [-0.05, 0) is 76.3 Å². The van der Waals surface area contributed by atoms with E-state index in [4.69, 9.17) is 14.2 Å². The molecule has 3 saturated heterocycles. The molecule has 2 N–H and O–H groups in total. The molecule has 3 heterocycles. The Hall–Kier alpha value is -0.320. The highest BCUT2D eigenvalue weighted by molar-refractivity contribution is 5.04. The third kappa shape index (κ3) is 5.44. The summed E-state index contributed by atoms with van der Waals surface area (Å²) in [7, 11) is 1.65. The van der Waals surface area contributed by atoms with Crippen LogP contribution < -0.4 is 0 Å². The first-order valence-corrected chi connectivity index (χ1v) is 12.4. The van der Waals surface area contributed by atoms with Crippen molar-refractivity contribution in [2.24, 2.45) is 11.3 Å². The lowest BCUT2D eigenvalue weighted by molar-refractivity contribution is -0.207. The lowest BCUT2D eigenvalue weighted by Crippen LogP contribution is -2.55. The molecule has 8 nitrogen and oxygen atoms in total. The normalized spacial score (nSPS) is 35.6. The molecule has 0 aromatic rings. The lowest BCUT2D eigenvalue weighted by atomic mass is 9.64. The van der Waals surface area contributed by atoms with E-state index in [0.29, 0.717) is 43.2 Å². The first-order valence-electron chi connectivity index (χ1n) is 12.4. The van der Waals surface area contributed by atoms with E-state index < -0.39 is 12.8 Å². The van der Waals surface area contributed by atoms with Crippen molar-refractivity contribution in [3.05, 3.63) is 0 Å². The zero-order valence-corrected chi connectivity index (χ0v) is 19.5. The Labute approximate surface area is 187 Å². The Morgan fingerprint density at radius 2 is 1.74 bits per heavy atom. The molecule has 1 saturated carbocycles. The van der Waals surface area contributed by atoms with Gasteiger partial charge < -0.3 is 29.3 Å². The van der Waals surface area contributed by atoms with Gasteiger partial charge in [0.25, 0.3) is 0 Å². The molecule has 3 aliphatic heterocycles. The zero-order valence-electron chi connectivity index (χ0n) is 19.5. The van der Waals surface area contributed by atoms with Crippen LogP contribution >= 0.6 is 0 Å². The second-order valence-corrected chi connectivity index (χ2v) is 10.1. The van der Waals surface area contributed by atoms with Crippen LogP contribution in [0, 0.1) is 11.3 Å². The number of rotatable bonds is 10. The Morgan fingerprint density at radius 3 is 2.45 bits per heavy atom. The molecule has 4 rings (SSSR count). The molecular formula is C23H43N3O5. The van der Waals surface area contributed by atoms with Gasteiger partial charge in [-0.15, -0.1) is 0 Å². The SMILES string of the molecule is CCOC(O)N1CCC2(CC(N3CCC([C@@H]4CCCN4C(O)OCCOC)CC3)C2)C1. The summed E-state index contributed by atoms with van der Waals surface area (Å²) in [5, 5.41) is 20.6. The van der Waals surface area contributed by atoms with Gasteiger partial charge in [0, 0.05) is 45.4 Å². The number of aliphatic hydroxyl groups is 2. The van der Waals surface area contributed by atoms with E-state index in [0.717, 1.165) is 26.1 Å². The highest BCUT2D eigenvalue weighted by Crippen LogP contribution is 2.51. The minimum absolute atomic E-state index is 0.394. The van der Waals surface area contributed by atoms with E-state index in [1.165, 1.54) is 51.6 Å². The predicted molar refractivity (Wildman–Crippen MR) is 117 cm³/mol. The molecule has 0 radical (unpaired) electrons. The van der Waals surface area contributed by atoms with Gasteiger partial charge in [0.05, 0.1) is 13.2 Å². The topological polar surface area (TPSA) is 77.9 Å². The van der Waals surface area contributed by atoms with Crippen LogP contribution in [0.25, 0.3) is 0 Å². The van der Waals surface area contributed by atoms with Crippen LogP contribution in [-0.4, -0.2) is 109 Å². The van der Waals surface area contributed by atoms with Crippen LogP contribution in [0.2, 0.25) is 0 Å². The summed E-state index contributed by atoms with van der Waals surface area (Å²) in [6, 6.07) is 1.14. The van der Waals surface area contributed by atoms with Gasteiger partial charge in [-0.3, -0.25) is 9.80 Å². The highest BCUT2D eigenvalue weighted by Gasteiger charge is 2.51. The lowest BCUT2D eigenvalue weighted by Gasteiger charge is -2.52. The number of methoxy groups -OCH3 is 1. The molecule has 31 heavy (non-hydrogen) atoms. The summed E-state index contributed by atoms with van der Waals surface area (Å²) in [6.45, 7) is 8.61. The summed E-state index contributed by atoms with van der Waals surface area (Å²) in [5.74, 6) is 0.650. The molecule has 0 bridgehead atoms. The predicted octanol–water partition coefficient (Wildman–Crippen LogP) is 1.27. The van der Waals surface area contributed by atoms with Crippen molar-refractivity contribution in [3.8, 4) is 0 Å². The van der Waals surface area contributed by atoms with Gasteiger partial charge in [0.15, 0.2) is 0 Å². The van der Waals surface area contributed by atoms with E-state index in [1.54, 1.807) is 7.11 Å². The van der Waals surface area contributed by atoms with Crippen molar-refractivity contribution < 1.29 is 24.4 Å². The average molecular weight is 442 g/mol. The van der Waals surface area contributed by atoms with E-state index in [2.05, 4.69) is 14.7 Å². The molecule has 4 aliphatic rings. The molecule has 0 amide bonds. The number of likely N-dealkylation sites (tertiary alicyclic amines) is 3. The molecule has 0 aromatic heterocycles. The number of nitrogens with zero attached hydrogens (tertiary/aromatic N) is 3. The molecule has 2 unspecified atom stereocenters. The van der Waals surface area contributed by atoms with Crippen molar-refractivity contribution in [1.82, 2.24) is 14.7 Å². The van der Waals surface area contributed by atoms with Crippen LogP contribution in [0.4, 0.5) is 0 Å². The molecular weight excluding hydrogens is 398 g/mol. The monoisotopic (exact) mass is 441 g/mol. The molecule has 180 valence electrons. The van der Waals surface area contributed by atoms with Crippen LogP contribution in [0.15, 0.2) is 0 Å². The maximum atomic E-state index is 10.5. The van der Waals surface area contributed by atoms with Gasteiger partial charge >= 0.3 is 0 Å². The third-order valence-electron chi connectivity index (χ3n) is 8.25. The molecule has 1 aliphatic carbocycles. The average Bonchev–Trinajstić information content (AvgIpc) is 3.41. The number of ether oxygens (including phenoxy) is 3. The summed E-state index contributed by atoms with van der Waals surface area (Å²) in [5.41, 5.74) is 0.394. The van der Waals surface area contributed by atoms with Gasteiger partial charge in [0.2, 0.25) is 12.8 Å². The largest absolute Gasteiger partial charge is 0.382 e. The first-order chi connectivity index (χ1) is 15.0. The standard InChI is InChI=1S/C23H43N3O5/c1-3-30-21(27)25-12-8-23(17-25)15-19(16-23)24-10-6-18(7-11-24)20-5-4-9-26(20)22(28)31-14-13-29-2/h18-22,27-28H,3-17H2,1-2H3/t19?,20-,21?,22?,23?/m0/s1. The highest BCUT2D eigenvalue weighted by atomic mass is 16.6. The molecule has 3 atom stereocenters. The quantitative estimate of drug-likeness (QED) is 0.388. The van der Waals surface area contributed by atoms with Gasteiger partial charge in [-0.2, -0.15) is 0 Å². The third-order valence-corrected chi connectivity index (χ3v) is 8.25. The Kier molecular flexibility index (Phi) is 8.25. The Bertz CT molecular complexity index is 553. The fraction of sp³-hybridized carbons (Fsp3) is 1.00. The van der Waals surface area contributed by atoms with E-state index >= 15 is 0 Å². The minimum Gasteiger partial charge on any atom is -0.382 e. The number of piperidine rings is 1. The zero-order chi connectivity index (χ0) is 21.8. The fourth-order valence-corrected chi connectivity index (χ4v) is 6.54. The minimum atomic E-state index is -0.801. The van der Waals surface area contributed by atoms with Crippen molar-refractivity contribution >= 4 is 0 Å². The van der Waals surface area contributed by atoms with Gasteiger partial charge in [-0.1, -0.05) is 0 Å². The van der Waals surface area contributed by atoms with Crippen LogP contribution in [-0.2, 0) is 14.2 Å². The summed E-state index contributed by atoms with van der Waals surface area (Å²) in [4.78, 5) is 6.97. The number of aliphatic hydroxyl groups excluding tert-OH is 2. The van der Waals surface area contributed by atoms with Crippen LogP contribution in [0.1, 0.15) is 51.9 Å². The van der Waals surface area contributed by atoms with Gasteiger partial charge in [-0.25, -0.2) is 0 Å². The summed E-state index contributed by atoms with van der Waals surface area (Å²) in [6.07, 6.45) is 6.90. The Balaban J connectivity index is 1.19. The molecule has 1 spiro atoms. The van der Waals surface area contributed by atoms with Crippen molar-refractivity contribution in [3.63, 3.8) is 0 Å². The van der Waals surface area contributed by atoms with E-state index in [1.807, 2.05) is 6.92 Å². The van der Waals surface area contributed by atoms with E-state index in [-0.39, 0.29) is 0 Å². The second kappa shape index (κ2) is 10.7. The molecule has 0 aromatic carbocycles. The second-order valence-electron chi connectivity index (χ2n) is 10.1. The van der Waals surface area contributed by atoms with Crippen molar-refractivity contribution in [2.45, 2.75) is 76.8 Å². The van der Waals surface area contributed by atoms with Crippen LogP contribution in [0.5, 0.6) is 0 Å². The molecule has 4 fully saturated rings.